The lowest BCUT2D eigenvalue weighted by Crippen LogP contribution is -2.27. The highest BCUT2D eigenvalue weighted by molar-refractivity contribution is 6.28. The van der Waals surface area contributed by atoms with Crippen molar-refractivity contribution in [1.82, 2.24) is 15.0 Å². The Kier molecular flexibility index (Phi) is 4.24. The molecule has 0 radical (unpaired) electrons. The summed E-state index contributed by atoms with van der Waals surface area (Å²) >= 11 is 6.04. The van der Waals surface area contributed by atoms with Crippen LogP contribution in [0.25, 0.3) is 0 Å². The van der Waals surface area contributed by atoms with Gasteiger partial charge in [0.2, 0.25) is 17.2 Å². The first-order valence-electron chi connectivity index (χ1n) is 7.64. The molecule has 5 nitrogen and oxygen atoms in total. The molecule has 1 saturated heterocycles. The maximum absolute atomic E-state index is 6.04. The van der Waals surface area contributed by atoms with Crippen molar-refractivity contribution in [3.05, 3.63) is 5.28 Å². The summed E-state index contributed by atoms with van der Waals surface area (Å²) in [5.74, 6) is 2.19. The Morgan fingerprint density at radius 1 is 1.05 bits per heavy atom. The zero-order valence-electron chi connectivity index (χ0n) is 12.0. The SMILES string of the molecule is CC1CCC(Nc2nc(Cl)nc(N3CCCC3)n2)CC1. The molecule has 3 rings (SSSR count). The highest BCUT2D eigenvalue weighted by atomic mass is 35.5. The second-order valence-corrected chi connectivity index (χ2v) is 6.36. The number of hydrogen-bond donors (Lipinski definition) is 1. The maximum atomic E-state index is 6.04. The van der Waals surface area contributed by atoms with Crippen LogP contribution < -0.4 is 10.2 Å². The monoisotopic (exact) mass is 295 g/mol. The lowest BCUT2D eigenvalue weighted by Gasteiger charge is -2.27. The standard InChI is InChI=1S/C14H22ClN5/c1-10-4-6-11(7-5-10)16-13-17-12(15)18-14(19-13)20-8-2-3-9-20/h10-11H,2-9H2,1H3,(H,16,17,18,19). The lowest BCUT2D eigenvalue weighted by molar-refractivity contribution is 0.360. The Balaban J connectivity index is 1.69. The van der Waals surface area contributed by atoms with Gasteiger partial charge in [0.05, 0.1) is 0 Å². The molecule has 1 N–H and O–H groups in total. The number of aromatic nitrogens is 3. The van der Waals surface area contributed by atoms with Crippen molar-refractivity contribution in [3.8, 4) is 0 Å². The van der Waals surface area contributed by atoms with Crippen molar-refractivity contribution < 1.29 is 0 Å². The third-order valence-corrected chi connectivity index (χ3v) is 4.50. The summed E-state index contributed by atoms with van der Waals surface area (Å²) < 4.78 is 0. The Morgan fingerprint density at radius 3 is 2.45 bits per heavy atom. The molecule has 1 saturated carbocycles. The number of halogens is 1. The summed E-state index contributed by atoms with van der Waals surface area (Å²) in [5.41, 5.74) is 0. The molecular formula is C14H22ClN5. The van der Waals surface area contributed by atoms with Crippen LogP contribution in [0.15, 0.2) is 0 Å². The lowest BCUT2D eigenvalue weighted by atomic mass is 9.87. The van der Waals surface area contributed by atoms with E-state index in [2.05, 4.69) is 32.1 Å². The summed E-state index contributed by atoms with van der Waals surface area (Å²) in [6.07, 6.45) is 7.32. The zero-order chi connectivity index (χ0) is 13.9. The van der Waals surface area contributed by atoms with E-state index in [1.807, 2.05) is 0 Å². The normalized spacial score (nSPS) is 26.8. The van der Waals surface area contributed by atoms with Crippen LogP contribution in [0.3, 0.4) is 0 Å². The molecule has 2 fully saturated rings. The van der Waals surface area contributed by atoms with Crippen LogP contribution in [-0.2, 0) is 0 Å². The number of nitrogens with zero attached hydrogens (tertiary/aromatic N) is 4. The summed E-state index contributed by atoms with van der Waals surface area (Å²) in [7, 11) is 0. The average Bonchev–Trinajstić information content (AvgIpc) is 2.95. The fourth-order valence-electron chi connectivity index (χ4n) is 3.05. The van der Waals surface area contributed by atoms with E-state index in [9.17, 15) is 0 Å². The third-order valence-electron chi connectivity index (χ3n) is 4.33. The minimum absolute atomic E-state index is 0.286. The molecule has 0 bridgehead atoms. The molecule has 110 valence electrons. The first-order chi connectivity index (χ1) is 9.70. The fraction of sp³-hybridized carbons (Fsp3) is 0.786. The summed E-state index contributed by atoms with van der Waals surface area (Å²) in [5, 5.41) is 3.72. The molecule has 0 atom stereocenters. The van der Waals surface area contributed by atoms with E-state index in [-0.39, 0.29) is 5.28 Å². The third kappa shape index (κ3) is 3.32. The Labute approximate surface area is 125 Å². The van der Waals surface area contributed by atoms with Gasteiger partial charge in [0.15, 0.2) is 0 Å². The van der Waals surface area contributed by atoms with E-state index < -0.39 is 0 Å². The summed E-state index contributed by atoms with van der Waals surface area (Å²) in [4.78, 5) is 15.2. The van der Waals surface area contributed by atoms with Crippen molar-refractivity contribution in [2.45, 2.75) is 51.5 Å². The second-order valence-electron chi connectivity index (χ2n) is 6.02. The Bertz CT molecular complexity index is 453. The average molecular weight is 296 g/mol. The van der Waals surface area contributed by atoms with Crippen molar-refractivity contribution >= 4 is 23.5 Å². The van der Waals surface area contributed by atoms with Crippen LogP contribution in [0, 0.1) is 5.92 Å². The minimum atomic E-state index is 0.286. The van der Waals surface area contributed by atoms with Crippen molar-refractivity contribution in [2.75, 3.05) is 23.3 Å². The molecule has 0 aromatic carbocycles. The molecule has 0 spiro atoms. The first kappa shape index (κ1) is 13.9. The molecule has 1 aliphatic heterocycles. The van der Waals surface area contributed by atoms with Crippen LogP contribution in [-0.4, -0.2) is 34.1 Å². The van der Waals surface area contributed by atoms with Gasteiger partial charge in [0.25, 0.3) is 0 Å². The Hall–Kier alpha value is -1.10. The van der Waals surface area contributed by atoms with E-state index in [0.29, 0.717) is 17.9 Å². The van der Waals surface area contributed by atoms with Gasteiger partial charge in [0.1, 0.15) is 0 Å². The zero-order valence-corrected chi connectivity index (χ0v) is 12.7. The fourth-order valence-corrected chi connectivity index (χ4v) is 3.21. The highest BCUT2D eigenvalue weighted by Gasteiger charge is 2.21. The molecule has 1 aliphatic carbocycles. The number of hydrogen-bond acceptors (Lipinski definition) is 5. The molecular weight excluding hydrogens is 274 g/mol. The maximum Gasteiger partial charge on any atom is 0.231 e. The van der Waals surface area contributed by atoms with Crippen LogP contribution in [0.4, 0.5) is 11.9 Å². The minimum Gasteiger partial charge on any atom is -0.351 e. The van der Waals surface area contributed by atoms with Crippen molar-refractivity contribution in [1.29, 1.82) is 0 Å². The molecule has 0 amide bonds. The number of rotatable bonds is 3. The molecule has 1 aromatic rings. The molecule has 20 heavy (non-hydrogen) atoms. The van der Waals surface area contributed by atoms with E-state index in [1.54, 1.807) is 0 Å². The largest absolute Gasteiger partial charge is 0.351 e. The number of anilines is 2. The van der Waals surface area contributed by atoms with Crippen molar-refractivity contribution in [2.24, 2.45) is 5.92 Å². The first-order valence-corrected chi connectivity index (χ1v) is 8.01. The van der Waals surface area contributed by atoms with Gasteiger partial charge >= 0.3 is 0 Å². The molecule has 0 unspecified atom stereocenters. The molecule has 2 heterocycles. The molecule has 6 heteroatoms. The van der Waals surface area contributed by atoms with Gasteiger partial charge in [-0.15, -0.1) is 0 Å². The summed E-state index contributed by atoms with van der Waals surface area (Å²) in [6.45, 7) is 4.35. The van der Waals surface area contributed by atoms with Crippen LogP contribution >= 0.6 is 11.6 Å². The van der Waals surface area contributed by atoms with Gasteiger partial charge < -0.3 is 10.2 Å². The quantitative estimate of drug-likeness (QED) is 0.928. The van der Waals surface area contributed by atoms with Crippen molar-refractivity contribution in [3.63, 3.8) is 0 Å². The van der Waals surface area contributed by atoms with E-state index in [4.69, 9.17) is 11.6 Å². The second kappa shape index (κ2) is 6.12. The van der Waals surface area contributed by atoms with Gasteiger partial charge in [-0.2, -0.15) is 15.0 Å². The van der Waals surface area contributed by atoms with Gasteiger partial charge in [-0.25, -0.2) is 0 Å². The van der Waals surface area contributed by atoms with E-state index in [1.165, 1.54) is 38.5 Å². The van der Waals surface area contributed by atoms with Gasteiger partial charge in [-0.05, 0) is 56.0 Å². The number of nitrogens with one attached hydrogen (secondary N) is 1. The topological polar surface area (TPSA) is 53.9 Å². The van der Waals surface area contributed by atoms with Crippen LogP contribution in [0.1, 0.15) is 45.4 Å². The highest BCUT2D eigenvalue weighted by Crippen LogP contribution is 2.26. The van der Waals surface area contributed by atoms with E-state index >= 15 is 0 Å². The van der Waals surface area contributed by atoms with Crippen LogP contribution in [0.2, 0.25) is 5.28 Å². The predicted octanol–water partition coefficient (Wildman–Crippen LogP) is 3.12. The Morgan fingerprint density at radius 2 is 1.75 bits per heavy atom. The predicted molar refractivity (Wildman–Crippen MR) is 81.3 cm³/mol. The van der Waals surface area contributed by atoms with Gasteiger partial charge in [-0.3, -0.25) is 0 Å². The van der Waals surface area contributed by atoms with Crippen LogP contribution in [0.5, 0.6) is 0 Å². The smallest absolute Gasteiger partial charge is 0.231 e. The molecule has 1 aromatic heterocycles. The van der Waals surface area contributed by atoms with E-state index in [0.717, 1.165) is 19.0 Å². The molecule has 2 aliphatic rings. The van der Waals surface area contributed by atoms with Gasteiger partial charge in [0, 0.05) is 19.1 Å². The summed E-state index contributed by atoms with van der Waals surface area (Å²) in [6, 6.07) is 0.469. The van der Waals surface area contributed by atoms with Gasteiger partial charge in [-0.1, -0.05) is 6.92 Å².